The van der Waals surface area contributed by atoms with Gasteiger partial charge in [-0.3, -0.25) is 4.79 Å². The van der Waals surface area contributed by atoms with E-state index in [9.17, 15) is 4.79 Å². The Hall–Kier alpha value is -3.46. The van der Waals surface area contributed by atoms with Crippen LogP contribution in [0.1, 0.15) is 5.69 Å². The number of nitrogens with one attached hydrogen (secondary N) is 1. The lowest BCUT2D eigenvalue weighted by atomic mass is 10.2. The average molecular weight is 456 g/mol. The predicted molar refractivity (Wildman–Crippen MR) is 124 cm³/mol. The zero-order chi connectivity index (χ0) is 23.1. The number of anilines is 1. The van der Waals surface area contributed by atoms with Crippen LogP contribution >= 0.6 is 11.8 Å². The number of aromatic nitrogens is 2. The maximum Gasteiger partial charge on any atom is 0.234 e. The standard InChI is InChI=1S/C23H25N3O5S/c1-14-10-21(26-23(24-14)15-6-8-17(28-2)9-7-15)32-13-20(27)25-16-11-18(29-3)22(31-5)19(12-16)30-4/h6-12H,13H2,1-5H3,(H,25,27). The van der Waals surface area contributed by atoms with Crippen LogP contribution < -0.4 is 24.3 Å². The fourth-order valence-electron chi connectivity index (χ4n) is 2.97. The van der Waals surface area contributed by atoms with Crippen molar-refractivity contribution < 1.29 is 23.7 Å². The van der Waals surface area contributed by atoms with E-state index in [1.807, 2.05) is 37.3 Å². The van der Waals surface area contributed by atoms with Crippen LogP contribution in [0.4, 0.5) is 5.69 Å². The Morgan fingerprint density at radius 2 is 1.56 bits per heavy atom. The summed E-state index contributed by atoms with van der Waals surface area (Å²) in [5.41, 5.74) is 2.24. The van der Waals surface area contributed by atoms with Crippen molar-refractivity contribution in [3.8, 4) is 34.4 Å². The van der Waals surface area contributed by atoms with Crippen molar-refractivity contribution in [1.82, 2.24) is 9.97 Å². The van der Waals surface area contributed by atoms with Gasteiger partial charge >= 0.3 is 0 Å². The molecule has 0 bridgehead atoms. The third-order valence-corrected chi connectivity index (χ3v) is 5.39. The van der Waals surface area contributed by atoms with E-state index in [0.29, 0.717) is 33.8 Å². The topological polar surface area (TPSA) is 91.8 Å². The van der Waals surface area contributed by atoms with Gasteiger partial charge in [-0.15, -0.1) is 0 Å². The van der Waals surface area contributed by atoms with Crippen molar-refractivity contribution in [2.45, 2.75) is 11.9 Å². The number of aryl methyl sites for hydroxylation is 1. The van der Waals surface area contributed by atoms with Crippen molar-refractivity contribution in [1.29, 1.82) is 0 Å². The van der Waals surface area contributed by atoms with Gasteiger partial charge in [0.15, 0.2) is 17.3 Å². The van der Waals surface area contributed by atoms with Gasteiger partial charge in [-0.2, -0.15) is 0 Å². The molecule has 3 rings (SSSR count). The summed E-state index contributed by atoms with van der Waals surface area (Å²) in [6.45, 7) is 1.90. The fraction of sp³-hybridized carbons (Fsp3) is 0.261. The lowest BCUT2D eigenvalue weighted by Gasteiger charge is -2.14. The largest absolute Gasteiger partial charge is 0.497 e. The first-order chi connectivity index (χ1) is 15.5. The second kappa shape index (κ2) is 10.7. The molecule has 32 heavy (non-hydrogen) atoms. The summed E-state index contributed by atoms with van der Waals surface area (Å²) in [4.78, 5) is 21.6. The van der Waals surface area contributed by atoms with Crippen molar-refractivity contribution in [3.05, 3.63) is 48.2 Å². The van der Waals surface area contributed by atoms with E-state index in [1.54, 1.807) is 19.2 Å². The summed E-state index contributed by atoms with van der Waals surface area (Å²) in [6, 6.07) is 12.7. The molecule has 1 heterocycles. The number of carbonyl (C=O) groups excluding carboxylic acids is 1. The Balaban J connectivity index is 1.70. The molecule has 8 nitrogen and oxygen atoms in total. The van der Waals surface area contributed by atoms with Gasteiger partial charge < -0.3 is 24.3 Å². The molecule has 1 N–H and O–H groups in total. The van der Waals surface area contributed by atoms with Gasteiger partial charge in [0.2, 0.25) is 11.7 Å². The number of hydrogen-bond acceptors (Lipinski definition) is 8. The smallest absolute Gasteiger partial charge is 0.234 e. The first kappa shape index (κ1) is 23.2. The highest BCUT2D eigenvalue weighted by Crippen LogP contribution is 2.40. The highest BCUT2D eigenvalue weighted by Gasteiger charge is 2.15. The zero-order valence-corrected chi connectivity index (χ0v) is 19.4. The highest BCUT2D eigenvalue weighted by atomic mass is 32.2. The maximum atomic E-state index is 12.5. The Morgan fingerprint density at radius 1 is 0.906 bits per heavy atom. The minimum atomic E-state index is -0.188. The highest BCUT2D eigenvalue weighted by molar-refractivity contribution is 7.99. The third kappa shape index (κ3) is 5.61. The molecule has 0 saturated heterocycles. The molecule has 0 spiro atoms. The minimum absolute atomic E-state index is 0.176. The molecule has 3 aromatic rings. The summed E-state index contributed by atoms with van der Waals surface area (Å²) in [7, 11) is 6.20. The first-order valence-corrected chi connectivity index (χ1v) is 10.7. The quantitative estimate of drug-likeness (QED) is 0.379. The molecule has 1 amide bonds. The number of ether oxygens (including phenoxy) is 4. The van der Waals surface area contributed by atoms with Crippen LogP contribution in [-0.4, -0.2) is 50.1 Å². The van der Waals surface area contributed by atoms with E-state index in [1.165, 1.54) is 33.1 Å². The number of rotatable bonds is 9. The van der Waals surface area contributed by atoms with E-state index >= 15 is 0 Å². The summed E-state index contributed by atoms with van der Waals surface area (Å²) in [5.74, 6) is 2.74. The third-order valence-electron chi connectivity index (χ3n) is 4.48. The lowest BCUT2D eigenvalue weighted by molar-refractivity contribution is -0.113. The first-order valence-electron chi connectivity index (χ1n) is 9.70. The summed E-state index contributed by atoms with van der Waals surface area (Å²) in [6.07, 6.45) is 0. The van der Waals surface area contributed by atoms with Crippen molar-refractivity contribution >= 4 is 23.4 Å². The number of carbonyl (C=O) groups is 1. The molecule has 168 valence electrons. The van der Waals surface area contributed by atoms with Gasteiger partial charge in [-0.1, -0.05) is 11.8 Å². The van der Waals surface area contributed by atoms with Crippen LogP contribution in [0.5, 0.6) is 23.0 Å². The summed E-state index contributed by atoms with van der Waals surface area (Å²) >= 11 is 1.33. The van der Waals surface area contributed by atoms with Crippen LogP contribution in [0.15, 0.2) is 47.5 Å². The molecule has 0 aliphatic heterocycles. The van der Waals surface area contributed by atoms with Gasteiger partial charge in [-0.25, -0.2) is 9.97 Å². The monoisotopic (exact) mass is 455 g/mol. The Labute approximate surface area is 191 Å². The molecule has 0 aliphatic rings. The number of amides is 1. The van der Waals surface area contributed by atoms with Crippen molar-refractivity contribution in [2.75, 3.05) is 39.5 Å². The van der Waals surface area contributed by atoms with Gasteiger partial charge in [0.1, 0.15) is 10.8 Å². The van der Waals surface area contributed by atoms with E-state index in [-0.39, 0.29) is 11.7 Å². The summed E-state index contributed by atoms with van der Waals surface area (Å²) in [5, 5.41) is 3.57. The molecule has 0 saturated carbocycles. The molecular weight excluding hydrogens is 430 g/mol. The number of hydrogen-bond donors (Lipinski definition) is 1. The van der Waals surface area contributed by atoms with Gasteiger partial charge in [0, 0.05) is 29.1 Å². The molecule has 0 unspecified atom stereocenters. The molecule has 2 aromatic carbocycles. The molecule has 0 radical (unpaired) electrons. The number of methoxy groups -OCH3 is 4. The predicted octanol–water partition coefficient (Wildman–Crippen LogP) is 4.22. The van der Waals surface area contributed by atoms with Gasteiger partial charge in [-0.05, 0) is 37.3 Å². The zero-order valence-electron chi connectivity index (χ0n) is 18.6. The van der Waals surface area contributed by atoms with Crippen LogP contribution in [0.3, 0.4) is 0 Å². The fourth-order valence-corrected chi connectivity index (χ4v) is 3.73. The number of nitrogens with zero attached hydrogens (tertiary/aromatic N) is 2. The molecule has 1 aromatic heterocycles. The van der Waals surface area contributed by atoms with Crippen LogP contribution in [-0.2, 0) is 4.79 Å². The Morgan fingerprint density at radius 3 is 2.12 bits per heavy atom. The minimum Gasteiger partial charge on any atom is -0.497 e. The molecular formula is C23H25N3O5S. The van der Waals surface area contributed by atoms with Gasteiger partial charge in [0.05, 0.1) is 34.2 Å². The molecule has 0 atom stereocenters. The molecule has 0 fully saturated rings. The molecule has 9 heteroatoms. The summed E-state index contributed by atoms with van der Waals surface area (Å²) < 4.78 is 21.2. The maximum absolute atomic E-state index is 12.5. The van der Waals surface area contributed by atoms with Gasteiger partial charge in [0.25, 0.3) is 0 Å². The second-order valence-electron chi connectivity index (χ2n) is 6.65. The van der Waals surface area contributed by atoms with E-state index < -0.39 is 0 Å². The lowest BCUT2D eigenvalue weighted by Crippen LogP contribution is -2.14. The molecule has 0 aliphatic carbocycles. The van der Waals surface area contributed by atoms with Crippen LogP contribution in [0, 0.1) is 6.92 Å². The normalized spacial score (nSPS) is 10.4. The van der Waals surface area contributed by atoms with Crippen LogP contribution in [0.2, 0.25) is 0 Å². The second-order valence-corrected chi connectivity index (χ2v) is 7.65. The van der Waals surface area contributed by atoms with Crippen molar-refractivity contribution in [2.24, 2.45) is 0 Å². The average Bonchev–Trinajstić information content (AvgIpc) is 2.81. The number of benzene rings is 2. The van der Waals surface area contributed by atoms with Crippen LogP contribution in [0.25, 0.3) is 11.4 Å². The SMILES string of the molecule is COc1ccc(-c2nc(C)cc(SCC(=O)Nc3cc(OC)c(OC)c(OC)c3)n2)cc1. The Bertz CT molecular complexity index is 1060. The van der Waals surface area contributed by atoms with E-state index in [2.05, 4.69) is 15.3 Å². The van der Waals surface area contributed by atoms with E-state index in [0.717, 1.165) is 17.0 Å². The van der Waals surface area contributed by atoms with Crippen molar-refractivity contribution in [3.63, 3.8) is 0 Å². The number of thioether (sulfide) groups is 1. The van der Waals surface area contributed by atoms with E-state index in [4.69, 9.17) is 18.9 Å². The Kier molecular flexibility index (Phi) is 7.77.